The van der Waals surface area contributed by atoms with Gasteiger partial charge in [-0.25, -0.2) is 4.79 Å². The molecule has 2 aromatic rings. The van der Waals surface area contributed by atoms with Crippen molar-refractivity contribution in [2.45, 2.75) is 26.1 Å². The summed E-state index contributed by atoms with van der Waals surface area (Å²) in [5.41, 5.74) is -0.673. The van der Waals surface area contributed by atoms with Crippen molar-refractivity contribution in [1.29, 1.82) is 5.26 Å². The molecular formula is C23H21F3N2O5. The van der Waals surface area contributed by atoms with Gasteiger partial charge in [-0.1, -0.05) is 12.1 Å². The molecule has 0 aliphatic carbocycles. The van der Waals surface area contributed by atoms with E-state index in [1.54, 1.807) is 19.9 Å². The Bertz CT molecular complexity index is 1090. The largest absolute Gasteiger partial charge is 0.493 e. The lowest BCUT2D eigenvalue weighted by Crippen LogP contribution is -2.20. The first-order chi connectivity index (χ1) is 15.5. The van der Waals surface area contributed by atoms with Crippen LogP contribution in [-0.4, -0.2) is 31.7 Å². The summed E-state index contributed by atoms with van der Waals surface area (Å²) in [6.45, 7) is 2.82. The highest BCUT2D eigenvalue weighted by molar-refractivity contribution is 5.98. The van der Waals surface area contributed by atoms with Crippen LogP contribution in [0.3, 0.4) is 0 Å². The van der Waals surface area contributed by atoms with Gasteiger partial charge >= 0.3 is 12.1 Å². The summed E-state index contributed by atoms with van der Waals surface area (Å²) in [7, 11) is 1.36. The minimum absolute atomic E-state index is 0.0248. The molecule has 0 aliphatic rings. The molecular weight excluding hydrogens is 441 g/mol. The molecule has 33 heavy (non-hydrogen) atoms. The third kappa shape index (κ3) is 7.57. The zero-order valence-electron chi connectivity index (χ0n) is 18.0. The van der Waals surface area contributed by atoms with Gasteiger partial charge in [0, 0.05) is 5.69 Å². The number of hydrogen-bond donors (Lipinski definition) is 1. The molecule has 1 amide bonds. The fourth-order valence-corrected chi connectivity index (χ4v) is 2.59. The average Bonchev–Trinajstić information content (AvgIpc) is 2.75. The number of ether oxygens (including phenoxy) is 3. The number of esters is 1. The number of carbonyl (C=O) groups is 2. The Morgan fingerprint density at radius 1 is 1.15 bits per heavy atom. The fourth-order valence-electron chi connectivity index (χ4n) is 2.59. The molecule has 10 heteroatoms. The third-order valence-electron chi connectivity index (χ3n) is 4.01. The Morgan fingerprint density at radius 2 is 1.88 bits per heavy atom. The summed E-state index contributed by atoms with van der Waals surface area (Å²) in [4.78, 5) is 24.0. The van der Waals surface area contributed by atoms with Crippen LogP contribution < -0.4 is 14.8 Å². The van der Waals surface area contributed by atoms with Gasteiger partial charge in [-0.05, 0) is 55.8 Å². The molecule has 174 valence electrons. The molecule has 1 N–H and O–H groups in total. The fraction of sp³-hybridized carbons (Fsp3) is 0.261. The molecule has 0 unspecified atom stereocenters. The van der Waals surface area contributed by atoms with Crippen LogP contribution in [0.1, 0.15) is 25.0 Å². The third-order valence-corrected chi connectivity index (χ3v) is 4.01. The molecule has 0 radical (unpaired) electrons. The normalized spacial score (nSPS) is 11.5. The number of benzene rings is 2. The van der Waals surface area contributed by atoms with Crippen LogP contribution in [0.25, 0.3) is 6.08 Å². The summed E-state index contributed by atoms with van der Waals surface area (Å²) >= 11 is 0. The van der Waals surface area contributed by atoms with Crippen molar-refractivity contribution in [1.82, 2.24) is 0 Å². The predicted octanol–water partition coefficient (Wildman–Crippen LogP) is 4.59. The summed E-state index contributed by atoms with van der Waals surface area (Å²) in [6.07, 6.45) is -3.60. The summed E-state index contributed by atoms with van der Waals surface area (Å²) in [5, 5.41) is 11.5. The summed E-state index contributed by atoms with van der Waals surface area (Å²) in [5.74, 6) is -1.05. The minimum Gasteiger partial charge on any atom is -0.493 e. The van der Waals surface area contributed by atoms with E-state index in [0.29, 0.717) is 5.56 Å². The van der Waals surface area contributed by atoms with Crippen LogP contribution in [-0.2, 0) is 20.5 Å². The van der Waals surface area contributed by atoms with Crippen LogP contribution >= 0.6 is 0 Å². The molecule has 7 nitrogen and oxygen atoms in total. The van der Waals surface area contributed by atoms with Crippen LogP contribution in [0.4, 0.5) is 18.9 Å². The maximum Gasteiger partial charge on any atom is 0.416 e. The monoisotopic (exact) mass is 462 g/mol. The van der Waals surface area contributed by atoms with Gasteiger partial charge in [0.2, 0.25) is 0 Å². The number of halogens is 3. The maximum atomic E-state index is 12.8. The van der Waals surface area contributed by atoms with E-state index >= 15 is 0 Å². The molecule has 2 aromatic carbocycles. The van der Waals surface area contributed by atoms with E-state index in [2.05, 4.69) is 5.32 Å². The van der Waals surface area contributed by atoms with E-state index in [4.69, 9.17) is 14.2 Å². The van der Waals surface area contributed by atoms with E-state index < -0.39 is 30.2 Å². The lowest BCUT2D eigenvalue weighted by Gasteiger charge is -2.13. The number of nitrogens with zero attached hydrogens (tertiary/aromatic N) is 1. The van der Waals surface area contributed by atoms with Crippen LogP contribution in [0, 0.1) is 11.3 Å². The quantitative estimate of drug-likeness (QED) is 0.350. The van der Waals surface area contributed by atoms with Gasteiger partial charge in [0.05, 0.1) is 18.8 Å². The van der Waals surface area contributed by atoms with Gasteiger partial charge in [-0.15, -0.1) is 0 Å². The lowest BCUT2D eigenvalue weighted by molar-refractivity contribution is -0.142. The first-order valence-corrected chi connectivity index (χ1v) is 9.64. The Hall–Kier alpha value is -4.00. The molecule has 0 saturated heterocycles. The number of amides is 1. The van der Waals surface area contributed by atoms with Gasteiger partial charge in [0.25, 0.3) is 5.91 Å². The number of methoxy groups -OCH3 is 1. The van der Waals surface area contributed by atoms with Crippen LogP contribution in [0.2, 0.25) is 0 Å². The molecule has 0 spiro atoms. The zero-order valence-corrected chi connectivity index (χ0v) is 18.0. The van der Waals surface area contributed by atoms with Crippen molar-refractivity contribution in [3.05, 3.63) is 59.2 Å². The second-order valence-electron chi connectivity index (χ2n) is 6.95. The van der Waals surface area contributed by atoms with Crippen molar-refractivity contribution >= 4 is 23.6 Å². The Balaban J connectivity index is 2.08. The van der Waals surface area contributed by atoms with Crippen LogP contribution in [0.5, 0.6) is 11.5 Å². The van der Waals surface area contributed by atoms with E-state index in [-0.39, 0.29) is 28.9 Å². The lowest BCUT2D eigenvalue weighted by atomic mass is 10.1. The number of nitrogens with one attached hydrogen (secondary N) is 1. The second-order valence-corrected chi connectivity index (χ2v) is 6.95. The number of hydrogen-bond acceptors (Lipinski definition) is 6. The van der Waals surface area contributed by atoms with Crippen molar-refractivity contribution in [2.75, 3.05) is 19.0 Å². The molecule has 0 heterocycles. The highest BCUT2D eigenvalue weighted by Crippen LogP contribution is 2.31. The Labute approximate surface area is 188 Å². The number of anilines is 1. The first kappa shape index (κ1) is 25.3. The predicted molar refractivity (Wildman–Crippen MR) is 113 cm³/mol. The number of nitriles is 1. The summed E-state index contributed by atoms with van der Waals surface area (Å²) in [6, 6.07) is 10.5. The molecule has 0 aromatic heterocycles. The van der Waals surface area contributed by atoms with Crippen molar-refractivity contribution in [3.8, 4) is 17.6 Å². The zero-order chi connectivity index (χ0) is 24.6. The first-order valence-electron chi connectivity index (χ1n) is 9.64. The van der Waals surface area contributed by atoms with Crippen molar-refractivity contribution in [3.63, 3.8) is 0 Å². The molecule has 2 rings (SSSR count). The molecule has 0 fully saturated rings. The maximum absolute atomic E-state index is 12.8. The highest BCUT2D eigenvalue weighted by atomic mass is 19.4. The van der Waals surface area contributed by atoms with Gasteiger partial charge in [0.1, 0.15) is 11.6 Å². The van der Waals surface area contributed by atoms with E-state index in [9.17, 15) is 28.0 Å². The molecule has 0 saturated carbocycles. The van der Waals surface area contributed by atoms with Gasteiger partial charge in [-0.3, -0.25) is 4.79 Å². The van der Waals surface area contributed by atoms with E-state index in [0.717, 1.165) is 12.1 Å². The van der Waals surface area contributed by atoms with E-state index in [1.165, 1.54) is 43.5 Å². The molecule has 0 bridgehead atoms. The molecule has 0 atom stereocenters. The van der Waals surface area contributed by atoms with Gasteiger partial charge in [-0.2, -0.15) is 18.4 Å². The van der Waals surface area contributed by atoms with Gasteiger partial charge in [0.15, 0.2) is 18.1 Å². The standard InChI is InChI=1S/C23H21F3N2O5/c1-14(2)33-22(30)16(12-27)9-15-7-8-19(20(10-15)31-3)32-13-21(29)28-18-6-4-5-17(11-18)23(24,25)26/h4-11,14H,13H2,1-3H3,(H,28,29)/b16-9+. The minimum atomic E-state index is -4.53. The second kappa shape index (κ2) is 11.0. The summed E-state index contributed by atoms with van der Waals surface area (Å²) < 4.78 is 54.0. The molecule has 0 aliphatic heterocycles. The Morgan fingerprint density at radius 3 is 2.48 bits per heavy atom. The average molecular weight is 462 g/mol. The number of alkyl halides is 3. The van der Waals surface area contributed by atoms with E-state index in [1.807, 2.05) is 0 Å². The SMILES string of the molecule is COc1cc(/C=C(\C#N)C(=O)OC(C)C)ccc1OCC(=O)Nc1cccc(C(F)(F)F)c1. The number of carbonyl (C=O) groups excluding carboxylic acids is 2. The van der Waals surface area contributed by atoms with Crippen LogP contribution in [0.15, 0.2) is 48.0 Å². The van der Waals surface area contributed by atoms with Gasteiger partial charge < -0.3 is 19.5 Å². The number of rotatable bonds is 8. The topological polar surface area (TPSA) is 97.7 Å². The van der Waals surface area contributed by atoms with Crippen molar-refractivity contribution in [2.24, 2.45) is 0 Å². The Kier molecular flexibility index (Phi) is 8.45. The highest BCUT2D eigenvalue weighted by Gasteiger charge is 2.30. The smallest absolute Gasteiger partial charge is 0.416 e. The van der Waals surface area contributed by atoms with Crippen molar-refractivity contribution < 1.29 is 37.0 Å².